The second kappa shape index (κ2) is 7.13. The summed E-state index contributed by atoms with van der Waals surface area (Å²) in [5, 5.41) is 1.07. The van der Waals surface area contributed by atoms with Crippen molar-refractivity contribution in [3.8, 4) is 0 Å². The minimum Gasteiger partial charge on any atom is -0.310 e. The third-order valence-corrected chi connectivity index (χ3v) is 4.24. The zero-order chi connectivity index (χ0) is 18.0. The zero-order valence-corrected chi connectivity index (χ0v) is 15.3. The van der Waals surface area contributed by atoms with E-state index in [1.165, 1.54) is 5.56 Å². The van der Waals surface area contributed by atoms with Gasteiger partial charge in [-0.2, -0.15) is 0 Å². The van der Waals surface area contributed by atoms with E-state index in [1.54, 1.807) is 6.07 Å². The number of hydrogen-bond donors (Lipinski definition) is 1. The molecule has 0 aliphatic heterocycles. The highest BCUT2D eigenvalue weighted by Gasteiger charge is 2.09. The fourth-order valence-electron chi connectivity index (χ4n) is 2.90. The quantitative estimate of drug-likeness (QED) is 0.774. The number of nitrogens with zero attached hydrogens (tertiary/aromatic N) is 3. The summed E-state index contributed by atoms with van der Waals surface area (Å²) in [6.45, 7) is 8.38. The molecule has 0 saturated carbocycles. The van der Waals surface area contributed by atoms with E-state index in [0.717, 1.165) is 35.1 Å². The van der Waals surface area contributed by atoms with Gasteiger partial charge >= 0.3 is 0 Å². The van der Waals surface area contributed by atoms with Gasteiger partial charge in [-0.05, 0) is 44.7 Å². The second-order valence-corrected chi connectivity index (χ2v) is 7.04. The third-order valence-electron chi connectivity index (χ3n) is 4.24. The summed E-state index contributed by atoms with van der Waals surface area (Å²) in [7, 11) is 0. The first kappa shape index (κ1) is 17.3. The Kier molecular flexibility index (Phi) is 4.93. The van der Waals surface area contributed by atoms with Gasteiger partial charge in [0.15, 0.2) is 0 Å². The van der Waals surface area contributed by atoms with E-state index >= 15 is 0 Å². The molecular weight excluding hydrogens is 312 g/mol. The molecule has 1 aromatic carbocycles. The minimum atomic E-state index is -0.114. The fraction of sp³-hybridized carbons (Fsp3) is 0.400. The third kappa shape index (κ3) is 4.29. The largest absolute Gasteiger partial charge is 0.310 e. The van der Waals surface area contributed by atoms with Crippen molar-refractivity contribution in [2.75, 3.05) is 0 Å². The van der Waals surface area contributed by atoms with Crippen LogP contribution in [0.5, 0.6) is 0 Å². The molecule has 1 N–H and O–H groups in total. The topological polar surface area (TPSA) is 71.5 Å². The highest BCUT2D eigenvalue weighted by molar-refractivity contribution is 5.81. The van der Waals surface area contributed by atoms with Crippen LogP contribution in [0.15, 0.2) is 29.1 Å². The first-order valence-corrected chi connectivity index (χ1v) is 8.73. The Morgan fingerprint density at radius 1 is 1.08 bits per heavy atom. The van der Waals surface area contributed by atoms with Gasteiger partial charge in [-0.3, -0.25) is 4.79 Å². The summed E-state index contributed by atoms with van der Waals surface area (Å²) in [6, 6.07) is 7.74. The number of nitrogens with one attached hydrogen (secondary N) is 1. The van der Waals surface area contributed by atoms with Crippen LogP contribution in [0.25, 0.3) is 10.9 Å². The number of fused-ring (bicyclic) bond motifs is 1. The first-order valence-electron chi connectivity index (χ1n) is 8.73. The number of H-pyrrole nitrogens is 1. The maximum absolute atomic E-state index is 11.9. The Bertz CT molecular complexity index is 960. The molecule has 0 radical (unpaired) electrons. The van der Waals surface area contributed by atoms with Crippen molar-refractivity contribution in [2.24, 2.45) is 5.92 Å². The lowest BCUT2D eigenvalue weighted by atomic mass is 10.1. The van der Waals surface area contributed by atoms with Crippen molar-refractivity contribution in [3.05, 3.63) is 63.2 Å². The zero-order valence-electron chi connectivity index (χ0n) is 15.3. The molecule has 0 fully saturated rings. The maximum atomic E-state index is 11.9. The Hall–Kier alpha value is -2.56. The van der Waals surface area contributed by atoms with E-state index in [-0.39, 0.29) is 5.56 Å². The lowest BCUT2D eigenvalue weighted by Gasteiger charge is -2.08. The predicted octanol–water partition coefficient (Wildman–Crippen LogP) is 3.51. The van der Waals surface area contributed by atoms with E-state index in [2.05, 4.69) is 46.8 Å². The smallest absolute Gasteiger partial charge is 0.251 e. The van der Waals surface area contributed by atoms with Crippen LogP contribution in [0.3, 0.4) is 0 Å². The maximum Gasteiger partial charge on any atom is 0.251 e. The molecule has 0 amide bonds. The molecule has 3 aromatic rings. The molecule has 5 heteroatoms. The molecule has 0 unspecified atom stereocenters. The summed E-state index contributed by atoms with van der Waals surface area (Å²) in [6.07, 6.45) is 2.25. The lowest BCUT2D eigenvalue weighted by molar-refractivity contribution is 0.579. The van der Waals surface area contributed by atoms with Crippen LogP contribution in [-0.4, -0.2) is 19.9 Å². The van der Waals surface area contributed by atoms with Gasteiger partial charge < -0.3 is 4.98 Å². The summed E-state index contributed by atoms with van der Waals surface area (Å²) >= 11 is 0. The number of aryl methyl sites for hydroxylation is 3. The van der Waals surface area contributed by atoms with Gasteiger partial charge in [0, 0.05) is 22.8 Å². The van der Waals surface area contributed by atoms with E-state index in [1.807, 2.05) is 19.1 Å². The van der Waals surface area contributed by atoms with Gasteiger partial charge in [-0.25, -0.2) is 15.0 Å². The lowest BCUT2D eigenvalue weighted by Crippen LogP contribution is -2.14. The van der Waals surface area contributed by atoms with Crippen LogP contribution in [0, 0.1) is 19.8 Å². The predicted molar refractivity (Wildman–Crippen MR) is 99.8 cm³/mol. The van der Waals surface area contributed by atoms with Gasteiger partial charge in [0.2, 0.25) is 0 Å². The average Bonchev–Trinajstić information content (AvgIpc) is 2.53. The van der Waals surface area contributed by atoms with E-state index in [4.69, 9.17) is 0 Å². The van der Waals surface area contributed by atoms with Crippen LogP contribution in [0.4, 0.5) is 0 Å². The number of aromatic nitrogens is 4. The summed E-state index contributed by atoms with van der Waals surface area (Å²) in [5.41, 5.74) is 3.78. The Morgan fingerprint density at radius 2 is 1.88 bits per heavy atom. The fourth-order valence-corrected chi connectivity index (χ4v) is 2.90. The van der Waals surface area contributed by atoms with Gasteiger partial charge in [-0.15, -0.1) is 0 Å². The molecule has 3 rings (SSSR count). The van der Waals surface area contributed by atoms with E-state index in [9.17, 15) is 4.79 Å². The van der Waals surface area contributed by atoms with Crippen LogP contribution in [-0.2, 0) is 12.8 Å². The normalized spacial score (nSPS) is 11.4. The van der Waals surface area contributed by atoms with Crippen molar-refractivity contribution < 1.29 is 0 Å². The van der Waals surface area contributed by atoms with Gasteiger partial charge in [0.05, 0.1) is 11.9 Å². The summed E-state index contributed by atoms with van der Waals surface area (Å²) < 4.78 is 0. The Balaban J connectivity index is 1.90. The minimum absolute atomic E-state index is 0.114. The SMILES string of the molecule is Cc1ccc2nc(Cc3nc(CCC(C)C)cc(=O)[nH]3)nc(C)c2c1. The molecule has 0 saturated heterocycles. The molecule has 0 aliphatic rings. The number of benzene rings is 1. The van der Waals surface area contributed by atoms with Gasteiger partial charge in [-0.1, -0.05) is 25.5 Å². The van der Waals surface area contributed by atoms with Crippen molar-refractivity contribution in [2.45, 2.75) is 47.0 Å². The standard InChI is InChI=1S/C20H24N4O/c1-12(2)5-7-15-10-20(25)24-19(22-15)11-18-21-14(4)16-9-13(3)6-8-17(16)23-18/h6,8-10,12H,5,7,11H2,1-4H3,(H,22,24,25). The molecule has 0 atom stereocenters. The van der Waals surface area contributed by atoms with E-state index < -0.39 is 0 Å². The van der Waals surface area contributed by atoms with Gasteiger partial charge in [0.25, 0.3) is 5.56 Å². The van der Waals surface area contributed by atoms with E-state index in [0.29, 0.717) is 24.0 Å². The van der Waals surface area contributed by atoms with Crippen molar-refractivity contribution >= 4 is 10.9 Å². The number of hydrogen-bond acceptors (Lipinski definition) is 4. The molecular formula is C20H24N4O. The molecule has 25 heavy (non-hydrogen) atoms. The molecule has 0 spiro atoms. The Morgan fingerprint density at radius 3 is 2.64 bits per heavy atom. The summed E-state index contributed by atoms with van der Waals surface area (Å²) in [4.78, 5) is 28.6. The molecule has 2 aromatic heterocycles. The van der Waals surface area contributed by atoms with Crippen molar-refractivity contribution in [3.63, 3.8) is 0 Å². The summed E-state index contributed by atoms with van der Waals surface area (Å²) in [5.74, 6) is 1.88. The highest BCUT2D eigenvalue weighted by Crippen LogP contribution is 2.17. The Labute approximate surface area is 147 Å². The molecule has 5 nitrogen and oxygen atoms in total. The monoisotopic (exact) mass is 336 g/mol. The first-order chi connectivity index (χ1) is 11.9. The van der Waals surface area contributed by atoms with Crippen molar-refractivity contribution in [1.29, 1.82) is 0 Å². The highest BCUT2D eigenvalue weighted by atomic mass is 16.1. The van der Waals surface area contributed by atoms with Crippen LogP contribution >= 0.6 is 0 Å². The molecule has 0 bridgehead atoms. The van der Waals surface area contributed by atoms with Crippen molar-refractivity contribution in [1.82, 2.24) is 19.9 Å². The van der Waals surface area contributed by atoms with Crippen LogP contribution < -0.4 is 5.56 Å². The molecule has 0 aliphatic carbocycles. The molecule has 130 valence electrons. The van der Waals surface area contributed by atoms with Crippen LogP contribution in [0.1, 0.15) is 48.9 Å². The number of rotatable bonds is 5. The van der Waals surface area contributed by atoms with Crippen LogP contribution in [0.2, 0.25) is 0 Å². The average molecular weight is 336 g/mol. The van der Waals surface area contributed by atoms with Gasteiger partial charge in [0.1, 0.15) is 11.6 Å². The second-order valence-electron chi connectivity index (χ2n) is 7.04. The molecule has 2 heterocycles. The number of aromatic amines is 1.